The summed E-state index contributed by atoms with van der Waals surface area (Å²) in [5, 5.41) is 17.4. The first-order valence-electron chi connectivity index (χ1n) is 4.90. The van der Waals surface area contributed by atoms with E-state index in [4.69, 9.17) is 26.8 Å². The van der Waals surface area contributed by atoms with Crippen LogP contribution >= 0.6 is 11.6 Å². The molecule has 1 aromatic carbocycles. The Morgan fingerprint density at radius 2 is 2.00 bits per heavy atom. The molecule has 0 aromatic heterocycles. The van der Waals surface area contributed by atoms with Crippen molar-refractivity contribution in [2.45, 2.75) is 25.1 Å². The zero-order valence-electron chi connectivity index (χ0n) is 9.12. The zero-order chi connectivity index (χ0) is 13.7. The third-order valence-electron chi connectivity index (χ3n) is 2.81. The van der Waals surface area contributed by atoms with Crippen LogP contribution in [0.25, 0.3) is 0 Å². The second-order valence-corrected chi connectivity index (χ2v) is 4.62. The second-order valence-electron chi connectivity index (χ2n) is 4.21. The number of anilines is 1. The molecule has 0 radical (unpaired) electrons. The molecule has 1 atom stereocenters. The minimum Gasteiger partial charge on any atom is -0.477 e. The van der Waals surface area contributed by atoms with Crippen molar-refractivity contribution in [3.8, 4) is 5.75 Å². The SMILES string of the molecule is CC1(C(F)(F)F)Cc2cc(N(O)O)c(Cl)cc2O1. The first kappa shape index (κ1) is 13.3. The van der Waals surface area contributed by atoms with Gasteiger partial charge in [0.15, 0.2) is 0 Å². The number of hydrogen-bond donors (Lipinski definition) is 2. The molecular formula is C10H9ClF3NO3. The lowest BCUT2D eigenvalue weighted by Crippen LogP contribution is -2.46. The molecule has 1 unspecified atom stereocenters. The van der Waals surface area contributed by atoms with E-state index in [1.54, 1.807) is 0 Å². The fraction of sp³-hybridized carbons (Fsp3) is 0.400. The molecule has 0 amide bonds. The Hall–Kier alpha value is -1.18. The van der Waals surface area contributed by atoms with Crippen molar-refractivity contribution in [1.82, 2.24) is 0 Å². The number of halogens is 4. The number of ether oxygens (including phenoxy) is 1. The van der Waals surface area contributed by atoms with E-state index < -0.39 is 18.2 Å². The van der Waals surface area contributed by atoms with Gasteiger partial charge in [0, 0.05) is 18.1 Å². The molecule has 0 bridgehead atoms. The van der Waals surface area contributed by atoms with Crippen LogP contribution in [-0.2, 0) is 6.42 Å². The third kappa shape index (κ3) is 1.98. The molecule has 0 aliphatic carbocycles. The van der Waals surface area contributed by atoms with Gasteiger partial charge in [0.1, 0.15) is 11.4 Å². The van der Waals surface area contributed by atoms with E-state index >= 15 is 0 Å². The summed E-state index contributed by atoms with van der Waals surface area (Å²) in [6, 6.07) is 2.28. The van der Waals surface area contributed by atoms with Gasteiger partial charge in [-0.2, -0.15) is 13.2 Å². The maximum absolute atomic E-state index is 12.8. The Labute approximate surface area is 105 Å². The van der Waals surface area contributed by atoms with Crippen molar-refractivity contribution in [3.05, 3.63) is 22.7 Å². The van der Waals surface area contributed by atoms with E-state index in [1.165, 1.54) is 0 Å². The lowest BCUT2D eigenvalue weighted by atomic mass is 9.98. The average molecular weight is 284 g/mol. The molecule has 1 aromatic rings. The first-order valence-corrected chi connectivity index (χ1v) is 5.28. The summed E-state index contributed by atoms with van der Waals surface area (Å²) in [6.07, 6.45) is -4.94. The highest BCUT2D eigenvalue weighted by atomic mass is 35.5. The Balaban J connectivity index is 2.42. The summed E-state index contributed by atoms with van der Waals surface area (Å²) in [4.78, 5) is 0. The molecule has 0 saturated heterocycles. The molecule has 2 N–H and O–H groups in total. The number of alkyl halides is 3. The lowest BCUT2D eigenvalue weighted by molar-refractivity contribution is -0.235. The van der Waals surface area contributed by atoms with Gasteiger partial charge in [0.05, 0.1) is 5.02 Å². The summed E-state index contributed by atoms with van der Waals surface area (Å²) < 4.78 is 43.3. The largest absolute Gasteiger partial charge is 0.477 e. The number of benzene rings is 1. The van der Waals surface area contributed by atoms with Crippen molar-refractivity contribution < 1.29 is 28.3 Å². The molecule has 18 heavy (non-hydrogen) atoms. The summed E-state index contributed by atoms with van der Waals surface area (Å²) in [7, 11) is 0. The highest BCUT2D eigenvalue weighted by molar-refractivity contribution is 6.33. The van der Waals surface area contributed by atoms with E-state index in [2.05, 4.69) is 0 Å². The van der Waals surface area contributed by atoms with E-state index in [0.717, 1.165) is 19.1 Å². The summed E-state index contributed by atoms with van der Waals surface area (Å²) in [6.45, 7) is 0.927. The summed E-state index contributed by atoms with van der Waals surface area (Å²) >= 11 is 5.69. The van der Waals surface area contributed by atoms with Gasteiger partial charge in [-0.15, -0.1) is 5.23 Å². The second kappa shape index (κ2) is 3.91. The van der Waals surface area contributed by atoms with Gasteiger partial charge in [0.2, 0.25) is 5.60 Å². The number of hydrogen-bond acceptors (Lipinski definition) is 4. The third-order valence-corrected chi connectivity index (χ3v) is 3.11. The molecule has 2 rings (SSSR count). The topological polar surface area (TPSA) is 52.9 Å². The first-order chi connectivity index (χ1) is 8.14. The molecule has 1 aliphatic rings. The highest BCUT2D eigenvalue weighted by Gasteiger charge is 2.56. The highest BCUT2D eigenvalue weighted by Crippen LogP contribution is 2.46. The molecule has 1 aliphatic heterocycles. The Bertz CT molecular complexity index is 492. The lowest BCUT2D eigenvalue weighted by Gasteiger charge is -2.26. The fourth-order valence-corrected chi connectivity index (χ4v) is 2.00. The predicted molar refractivity (Wildman–Crippen MR) is 56.3 cm³/mol. The maximum atomic E-state index is 12.8. The van der Waals surface area contributed by atoms with Crippen LogP contribution in [0.3, 0.4) is 0 Å². The van der Waals surface area contributed by atoms with Crippen LogP contribution in [0, 0.1) is 0 Å². The molecule has 8 heteroatoms. The minimum absolute atomic E-state index is 0.00887. The molecular weight excluding hydrogens is 275 g/mol. The Morgan fingerprint density at radius 3 is 2.50 bits per heavy atom. The van der Waals surface area contributed by atoms with Gasteiger partial charge >= 0.3 is 6.18 Å². The number of rotatable bonds is 1. The quantitative estimate of drug-likeness (QED) is 0.777. The molecule has 0 fully saturated rings. The smallest absolute Gasteiger partial charge is 0.428 e. The monoisotopic (exact) mass is 283 g/mol. The minimum atomic E-state index is -4.53. The van der Waals surface area contributed by atoms with Crippen molar-refractivity contribution in [3.63, 3.8) is 0 Å². The van der Waals surface area contributed by atoms with E-state index in [0.29, 0.717) is 0 Å². The Kier molecular flexibility index (Phi) is 2.88. The van der Waals surface area contributed by atoms with Crippen LogP contribution in [-0.4, -0.2) is 22.2 Å². The van der Waals surface area contributed by atoms with Gasteiger partial charge in [-0.05, 0) is 13.0 Å². The summed E-state index contributed by atoms with van der Waals surface area (Å²) in [5.41, 5.74) is -2.32. The molecule has 100 valence electrons. The predicted octanol–water partition coefficient (Wildman–Crippen LogP) is 3.18. The van der Waals surface area contributed by atoms with Gasteiger partial charge < -0.3 is 4.74 Å². The normalized spacial score (nSPS) is 22.6. The average Bonchev–Trinajstić information content (AvgIpc) is 2.52. The van der Waals surface area contributed by atoms with Crippen molar-refractivity contribution in [2.75, 3.05) is 5.23 Å². The van der Waals surface area contributed by atoms with Crippen molar-refractivity contribution >= 4 is 17.3 Å². The van der Waals surface area contributed by atoms with E-state index in [9.17, 15) is 13.2 Å². The molecule has 0 saturated carbocycles. The van der Waals surface area contributed by atoms with Gasteiger partial charge in [-0.1, -0.05) is 11.6 Å². The fourth-order valence-electron chi connectivity index (χ4n) is 1.77. The zero-order valence-corrected chi connectivity index (χ0v) is 9.88. The van der Waals surface area contributed by atoms with Crippen LogP contribution < -0.4 is 9.96 Å². The van der Waals surface area contributed by atoms with Gasteiger partial charge in [-0.3, -0.25) is 10.4 Å². The Morgan fingerprint density at radius 1 is 1.39 bits per heavy atom. The van der Waals surface area contributed by atoms with Crippen LogP contribution in [0.2, 0.25) is 5.02 Å². The van der Waals surface area contributed by atoms with E-state index in [-0.39, 0.29) is 27.2 Å². The van der Waals surface area contributed by atoms with Gasteiger partial charge in [0.25, 0.3) is 0 Å². The van der Waals surface area contributed by atoms with Crippen LogP contribution in [0.5, 0.6) is 5.75 Å². The maximum Gasteiger partial charge on any atom is 0.428 e. The number of fused-ring (bicyclic) bond motifs is 1. The molecule has 1 heterocycles. The van der Waals surface area contributed by atoms with Crippen LogP contribution in [0.4, 0.5) is 18.9 Å². The summed E-state index contributed by atoms with van der Waals surface area (Å²) in [5.74, 6) is -0.00887. The number of nitrogens with zero attached hydrogens (tertiary/aromatic N) is 1. The van der Waals surface area contributed by atoms with Crippen LogP contribution in [0.15, 0.2) is 12.1 Å². The standard InChI is InChI=1S/C10H9ClF3NO3/c1-9(10(12,13)14)4-5-2-7(15(16)17)6(11)3-8(5)18-9/h2-3,16-17H,4H2,1H3. The molecule has 0 spiro atoms. The van der Waals surface area contributed by atoms with Crippen molar-refractivity contribution in [2.24, 2.45) is 0 Å². The molecule has 4 nitrogen and oxygen atoms in total. The van der Waals surface area contributed by atoms with E-state index in [1.807, 2.05) is 0 Å². The van der Waals surface area contributed by atoms with Crippen LogP contribution in [0.1, 0.15) is 12.5 Å². The van der Waals surface area contributed by atoms with Gasteiger partial charge in [-0.25, -0.2) is 0 Å². The van der Waals surface area contributed by atoms with Crippen molar-refractivity contribution in [1.29, 1.82) is 0 Å².